The average molecular weight is 265 g/mol. The van der Waals surface area contributed by atoms with E-state index in [9.17, 15) is 4.39 Å². The number of rotatable bonds is 2. The van der Waals surface area contributed by atoms with Crippen LogP contribution in [0.1, 0.15) is 11.1 Å². The second-order valence-corrected chi connectivity index (χ2v) is 4.99. The Balaban J connectivity index is 2.31. The van der Waals surface area contributed by atoms with Crippen LogP contribution < -0.4 is 5.73 Å². The van der Waals surface area contributed by atoms with Crippen LogP contribution in [0.2, 0.25) is 0 Å². The fourth-order valence-corrected chi connectivity index (χ4v) is 2.65. The van der Waals surface area contributed by atoms with Crippen molar-refractivity contribution in [2.75, 3.05) is 0 Å². The van der Waals surface area contributed by atoms with Gasteiger partial charge in [-0.1, -0.05) is 42.5 Å². The van der Waals surface area contributed by atoms with Crippen LogP contribution in [0, 0.1) is 12.7 Å². The molecule has 1 nitrogen and oxygen atoms in total. The largest absolute Gasteiger partial charge is 0.326 e. The van der Waals surface area contributed by atoms with Gasteiger partial charge in [0.25, 0.3) is 0 Å². The summed E-state index contributed by atoms with van der Waals surface area (Å²) in [5.74, 6) is -0.242. The molecule has 100 valence electrons. The van der Waals surface area contributed by atoms with Gasteiger partial charge in [0.15, 0.2) is 0 Å². The molecule has 2 N–H and O–H groups in total. The molecule has 3 rings (SSSR count). The van der Waals surface area contributed by atoms with Gasteiger partial charge in [0.1, 0.15) is 5.82 Å². The standard InChI is InChI=1S/C18H16FN/c1-12-6-7-13-4-2-3-5-16(13)18(12)14-8-9-17(19)15(10-14)11-20/h2-10H,11,20H2,1H3. The highest BCUT2D eigenvalue weighted by molar-refractivity contribution is 5.98. The Morgan fingerprint density at radius 1 is 1.00 bits per heavy atom. The highest BCUT2D eigenvalue weighted by atomic mass is 19.1. The molecule has 0 fully saturated rings. The van der Waals surface area contributed by atoms with Crippen molar-refractivity contribution in [3.05, 3.63) is 71.5 Å². The van der Waals surface area contributed by atoms with Gasteiger partial charge in [0.05, 0.1) is 0 Å². The van der Waals surface area contributed by atoms with Crippen LogP contribution in [0.5, 0.6) is 0 Å². The van der Waals surface area contributed by atoms with Gasteiger partial charge in [-0.25, -0.2) is 4.39 Å². The van der Waals surface area contributed by atoms with E-state index in [2.05, 4.69) is 31.2 Å². The Morgan fingerprint density at radius 2 is 1.80 bits per heavy atom. The summed E-state index contributed by atoms with van der Waals surface area (Å²) in [6.45, 7) is 2.29. The number of hydrogen-bond donors (Lipinski definition) is 1. The van der Waals surface area contributed by atoms with Gasteiger partial charge >= 0.3 is 0 Å². The van der Waals surface area contributed by atoms with Crippen molar-refractivity contribution in [1.82, 2.24) is 0 Å². The maximum Gasteiger partial charge on any atom is 0.127 e. The molecule has 0 saturated carbocycles. The second-order valence-electron chi connectivity index (χ2n) is 4.99. The lowest BCUT2D eigenvalue weighted by Gasteiger charge is -2.12. The maximum absolute atomic E-state index is 13.6. The van der Waals surface area contributed by atoms with E-state index in [4.69, 9.17) is 5.73 Å². The van der Waals surface area contributed by atoms with E-state index in [0.29, 0.717) is 5.56 Å². The van der Waals surface area contributed by atoms with Gasteiger partial charge in [-0.15, -0.1) is 0 Å². The van der Waals surface area contributed by atoms with Crippen molar-refractivity contribution >= 4 is 10.8 Å². The number of benzene rings is 3. The Kier molecular flexibility index (Phi) is 3.25. The first-order valence-corrected chi connectivity index (χ1v) is 6.68. The summed E-state index contributed by atoms with van der Waals surface area (Å²) in [6, 6.07) is 17.6. The van der Waals surface area contributed by atoms with Gasteiger partial charge in [0.2, 0.25) is 0 Å². The normalized spacial score (nSPS) is 10.9. The zero-order valence-corrected chi connectivity index (χ0v) is 11.4. The monoisotopic (exact) mass is 265 g/mol. The molecule has 0 saturated heterocycles. The van der Waals surface area contributed by atoms with Crippen LogP contribution in [0.3, 0.4) is 0 Å². The summed E-state index contributed by atoms with van der Waals surface area (Å²) in [4.78, 5) is 0. The summed E-state index contributed by atoms with van der Waals surface area (Å²) in [6.07, 6.45) is 0. The fraction of sp³-hybridized carbons (Fsp3) is 0.111. The lowest BCUT2D eigenvalue weighted by Crippen LogP contribution is -2.00. The van der Waals surface area contributed by atoms with Crippen molar-refractivity contribution in [2.24, 2.45) is 5.73 Å². The van der Waals surface area contributed by atoms with Gasteiger partial charge in [0, 0.05) is 12.1 Å². The molecule has 0 amide bonds. The zero-order chi connectivity index (χ0) is 14.1. The topological polar surface area (TPSA) is 26.0 Å². The van der Waals surface area contributed by atoms with Crippen molar-refractivity contribution in [1.29, 1.82) is 0 Å². The second kappa shape index (κ2) is 5.06. The predicted octanol–water partition coefficient (Wildman–Crippen LogP) is 4.41. The first kappa shape index (κ1) is 12.8. The van der Waals surface area contributed by atoms with Crippen LogP contribution in [0.4, 0.5) is 4.39 Å². The summed E-state index contributed by atoms with van der Waals surface area (Å²) in [5, 5.41) is 2.37. The van der Waals surface area contributed by atoms with E-state index in [-0.39, 0.29) is 12.4 Å². The highest BCUT2D eigenvalue weighted by Gasteiger charge is 2.09. The molecule has 0 spiro atoms. The number of hydrogen-bond acceptors (Lipinski definition) is 1. The fourth-order valence-electron chi connectivity index (χ4n) is 2.65. The molecule has 0 aliphatic heterocycles. The minimum Gasteiger partial charge on any atom is -0.326 e. The number of fused-ring (bicyclic) bond motifs is 1. The van der Waals surface area contributed by atoms with Crippen LogP contribution in [0.15, 0.2) is 54.6 Å². The maximum atomic E-state index is 13.6. The molecule has 0 aliphatic carbocycles. The molecule has 0 heterocycles. The molecule has 3 aromatic rings. The first-order chi connectivity index (χ1) is 9.70. The van der Waals surface area contributed by atoms with Crippen molar-refractivity contribution in [2.45, 2.75) is 13.5 Å². The average Bonchev–Trinajstić information content (AvgIpc) is 2.48. The van der Waals surface area contributed by atoms with Crippen LogP contribution >= 0.6 is 0 Å². The zero-order valence-electron chi connectivity index (χ0n) is 11.4. The molecule has 0 bridgehead atoms. The third-order valence-electron chi connectivity index (χ3n) is 3.69. The molecule has 0 aliphatic rings. The van der Waals surface area contributed by atoms with Gasteiger partial charge in [-0.05, 0) is 46.5 Å². The third kappa shape index (κ3) is 2.08. The third-order valence-corrected chi connectivity index (χ3v) is 3.69. The molecule has 20 heavy (non-hydrogen) atoms. The van der Waals surface area contributed by atoms with E-state index in [1.165, 1.54) is 22.4 Å². The van der Waals surface area contributed by atoms with E-state index >= 15 is 0 Å². The Morgan fingerprint density at radius 3 is 2.60 bits per heavy atom. The number of aryl methyl sites for hydroxylation is 1. The Bertz CT molecular complexity index is 777. The lowest BCUT2D eigenvalue weighted by molar-refractivity contribution is 0.611. The molecular formula is C18H16FN. The number of halogens is 1. The van der Waals surface area contributed by atoms with Crippen LogP contribution in [-0.4, -0.2) is 0 Å². The lowest BCUT2D eigenvalue weighted by atomic mass is 9.93. The van der Waals surface area contributed by atoms with Crippen molar-refractivity contribution in [3.8, 4) is 11.1 Å². The predicted molar refractivity (Wildman–Crippen MR) is 82.0 cm³/mol. The molecule has 0 atom stereocenters. The van der Waals surface area contributed by atoms with Crippen LogP contribution in [0.25, 0.3) is 21.9 Å². The highest BCUT2D eigenvalue weighted by Crippen LogP contribution is 2.32. The van der Waals surface area contributed by atoms with E-state index in [0.717, 1.165) is 11.1 Å². The molecule has 2 heteroatoms. The SMILES string of the molecule is Cc1ccc2ccccc2c1-c1ccc(F)c(CN)c1. The quantitative estimate of drug-likeness (QED) is 0.729. The van der Waals surface area contributed by atoms with Gasteiger partial charge in [-0.2, -0.15) is 0 Å². The Labute approximate surface area is 117 Å². The van der Waals surface area contributed by atoms with E-state index < -0.39 is 0 Å². The summed E-state index contributed by atoms with van der Waals surface area (Å²) < 4.78 is 13.6. The van der Waals surface area contributed by atoms with Gasteiger partial charge < -0.3 is 5.73 Å². The smallest absolute Gasteiger partial charge is 0.127 e. The van der Waals surface area contributed by atoms with Gasteiger partial charge in [-0.3, -0.25) is 0 Å². The van der Waals surface area contributed by atoms with Crippen molar-refractivity contribution in [3.63, 3.8) is 0 Å². The van der Waals surface area contributed by atoms with E-state index in [1.54, 1.807) is 0 Å². The minimum atomic E-state index is -0.242. The summed E-state index contributed by atoms with van der Waals surface area (Å²) in [7, 11) is 0. The van der Waals surface area contributed by atoms with Crippen LogP contribution in [-0.2, 0) is 6.54 Å². The minimum absolute atomic E-state index is 0.212. The van der Waals surface area contributed by atoms with E-state index in [1.807, 2.05) is 24.3 Å². The Hall–Kier alpha value is -2.19. The first-order valence-electron chi connectivity index (χ1n) is 6.68. The molecule has 0 unspecified atom stereocenters. The molecule has 0 radical (unpaired) electrons. The summed E-state index contributed by atoms with van der Waals surface area (Å²) >= 11 is 0. The molecule has 0 aromatic heterocycles. The summed E-state index contributed by atoms with van der Waals surface area (Å²) in [5.41, 5.74) is 9.50. The number of nitrogens with two attached hydrogens (primary N) is 1. The van der Waals surface area contributed by atoms with Crippen molar-refractivity contribution < 1.29 is 4.39 Å². The molecular weight excluding hydrogens is 249 g/mol. The molecule has 3 aromatic carbocycles.